The van der Waals surface area contributed by atoms with Gasteiger partial charge in [0.05, 0.1) is 61.4 Å². The number of aromatic nitrogens is 3. The number of amides is 1. The minimum absolute atomic E-state index is 0.0215. The fraction of sp³-hybridized carbons (Fsp3) is 0.407. The molecule has 1 aliphatic heterocycles. The van der Waals surface area contributed by atoms with Crippen LogP contribution in [0.2, 0.25) is 0 Å². The number of methoxy groups -OCH3 is 1. The number of ketones is 1. The van der Waals surface area contributed by atoms with E-state index in [2.05, 4.69) is 15.3 Å². The van der Waals surface area contributed by atoms with Crippen molar-refractivity contribution in [3.63, 3.8) is 0 Å². The van der Waals surface area contributed by atoms with E-state index in [1.54, 1.807) is 25.6 Å². The van der Waals surface area contributed by atoms with Gasteiger partial charge >= 0.3 is 0 Å². The van der Waals surface area contributed by atoms with Crippen molar-refractivity contribution in [2.24, 2.45) is 0 Å². The third-order valence-electron chi connectivity index (χ3n) is 6.55. The number of Topliss-reactive ketones (excluding diaryl/α,β-unsaturated/α-hetero) is 1. The van der Waals surface area contributed by atoms with Gasteiger partial charge in [-0.2, -0.15) is 0 Å². The molecule has 3 aromatic rings. The average molecular weight is 477 g/mol. The summed E-state index contributed by atoms with van der Waals surface area (Å²) in [5.41, 5.74) is 3.59. The van der Waals surface area contributed by atoms with E-state index < -0.39 is 0 Å². The van der Waals surface area contributed by atoms with Gasteiger partial charge in [-0.3, -0.25) is 14.6 Å². The lowest BCUT2D eigenvalue weighted by atomic mass is 9.95. The Morgan fingerprint density at radius 2 is 1.94 bits per heavy atom. The minimum Gasteiger partial charge on any atom is -0.480 e. The number of fused-ring (bicyclic) bond motifs is 1. The molecule has 0 unspecified atom stereocenters. The van der Waals surface area contributed by atoms with Crippen LogP contribution < -0.4 is 10.1 Å². The van der Waals surface area contributed by atoms with Crippen molar-refractivity contribution in [2.75, 3.05) is 13.7 Å². The maximum absolute atomic E-state index is 13.5. The minimum atomic E-state index is -0.193. The Labute approximate surface area is 205 Å². The number of nitrogens with zero attached hydrogens (tertiary/aromatic N) is 3. The van der Waals surface area contributed by atoms with Gasteiger partial charge in [0.25, 0.3) is 5.91 Å². The van der Waals surface area contributed by atoms with Crippen LogP contribution in [-0.2, 0) is 17.9 Å². The SMILES string of the molecule is CC[C@H](CC(=O)c1cc(C(=O)N[C@H](CC)c2ccccc2)c2n1CCOC2)c1cnc(OC)cn1. The van der Waals surface area contributed by atoms with E-state index in [1.165, 1.54) is 0 Å². The van der Waals surface area contributed by atoms with Gasteiger partial charge in [-0.1, -0.05) is 44.2 Å². The van der Waals surface area contributed by atoms with E-state index >= 15 is 0 Å². The maximum Gasteiger partial charge on any atom is 0.253 e. The fourth-order valence-corrected chi connectivity index (χ4v) is 4.52. The topological polar surface area (TPSA) is 95.3 Å². The number of ether oxygens (including phenoxy) is 2. The fourth-order valence-electron chi connectivity index (χ4n) is 4.52. The molecule has 35 heavy (non-hydrogen) atoms. The lowest BCUT2D eigenvalue weighted by molar-refractivity contribution is 0.0780. The van der Waals surface area contributed by atoms with Crippen molar-refractivity contribution >= 4 is 11.7 Å². The van der Waals surface area contributed by atoms with E-state index in [4.69, 9.17) is 9.47 Å². The molecule has 0 fully saturated rings. The van der Waals surface area contributed by atoms with Crippen LogP contribution in [0, 0.1) is 0 Å². The number of carbonyl (C=O) groups excluding carboxylic acids is 2. The van der Waals surface area contributed by atoms with Gasteiger partial charge < -0.3 is 19.4 Å². The smallest absolute Gasteiger partial charge is 0.253 e. The number of hydrogen-bond acceptors (Lipinski definition) is 6. The first-order valence-corrected chi connectivity index (χ1v) is 12.1. The molecule has 0 saturated carbocycles. The van der Waals surface area contributed by atoms with Crippen molar-refractivity contribution < 1.29 is 19.1 Å². The lowest BCUT2D eigenvalue weighted by Gasteiger charge is -2.21. The predicted molar refractivity (Wildman–Crippen MR) is 132 cm³/mol. The van der Waals surface area contributed by atoms with Gasteiger partial charge in [0.15, 0.2) is 5.78 Å². The summed E-state index contributed by atoms with van der Waals surface area (Å²) in [5, 5.41) is 3.14. The molecule has 0 radical (unpaired) electrons. The standard InChI is InChI=1S/C27H32N4O4/c1-4-18(22-15-29-26(34-3)16-28-22)13-25(32)23-14-20(24-17-35-12-11-31(23)24)27(33)30-21(5-2)19-9-7-6-8-10-19/h6-10,14-16,18,21H,4-5,11-13,17H2,1-3H3,(H,30,33)/t18-,21-/m1/s1. The lowest BCUT2D eigenvalue weighted by Crippen LogP contribution is -2.29. The number of hydrogen-bond donors (Lipinski definition) is 1. The molecule has 2 atom stereocenters. The van der Waals surface area contributed by atoms with E-state index in [1.807, 2.05) is 48.7 Å². The molecule has 1 amide bonds. The zero-order valence-electron chi connectivity index (χ0n) is 20.5. The first-order valence-electron chi connectivity index (χ1n) is 12.1. The average Bonchev–Trinajstić information content (AvgIpc) is 3.31. The molecule has 0 spiro atoms. The second-order valence-corrected chi connectivity index (χ2v) is 8.66. The summed E-state index contributed by atoms with van der Waals surface area (Å²) in [6, 6.07) is 11.5. The molecule has 8 nitrogen and oxygen atoms in total. The third kappa shape index (κ3) is 5.43. The molecule has 0 saturated heterocycles. The molecule has 184 valence electrons. The van der Waals surface area contributed by atoms with Crippen LogP contribution >= 0.6 is 0 Å². The van der Waals surface area contributed by atoms with Gasteiger partial charge in [0.2, 0.25) is 5.88 Å². The molecule has 0 bridgehead atoms. The summed E-state index contributed by atoms with van der Waals surface area (Å²) in [4.78, 5) is 35.4. The molecular formula is C27H32N4O4. The highest BCUT2D eigenvalue weighted by atomic mass is 16.5. The molecule has 8 heteroatoms. The molecular weight excluding hydrogens is 444 g/mol. The summed E-state index contributed by atoms with van der Waals surface area (Å²) < 4.78 is 12.7. The summed E-state index contributed by atoms with van der Waals surface area (Å²) in [7, 11) is 1.54. The highest BCUT2D eigenvalue weighted by molar-refractivity contribution is 6.01. The number of carbonyl (C=O) groups is 2. The number of rotatable bonds is 10. The Bertz CT molecular complexity index is 1160. The van der Waals surface area contributed by atoms with Crippen molar-refractivity contribution in [1.82, 2.24) is 19.9 Å². The molecule has 3 heterocycles. The van der Waals surface area contributed by atoms with Gasteiger partial charge in [-0.15, -0.1) is 0 Å². The van der Waals surface area contributed by atoms with Gasteiger partial charge in [-0.05, 0) is 24.5 Å². The van der Waals surface area contributed by atoms with Crippen molar-refractivity contribution in [3.05, 3.63) is 77.0 Å². The van der Waals surface area contributed by atoms with Crippen LogP contribution in [0.1, 0.15) is 82.9 Å². The zero-order valence-corrected chi connectivity index (χ0v) is 20.5. The normalized spacial score (nSPS) is 14.6. The number of nitrogens with one attached hydrogen (secondary N) is 1. The molecule has 2 aromatic heterocycles. The van der Waals surface area contributed by atoms with Crippen LogP contribution in [0.4, 0.5) is 0 Å². The van der Waals surface area contributed by atoms with Crippen molar-refractivity contribution in [1.29, 1.82) is 0 Å². The molecule has 1 N–H and O–H groups in total. The summed E-state index contributed by atoms with van der Waals surface area (Å²) in [5.74, 6) is 0.146. The Hall–Kier alpha value is -3.52. The second-order valence-electron chi connectivity index (χ2n) is 8.66. The van der Waals surface area contributed by atoms with Crippen molar-refractivity contribution in [2.45, 2.75) is 58.2 Å². The van der Waals surface area contributed by atoms with E-state index in [0.717, 1.165) is 29.8 Å². The summed E-state index contributed by atoms with van der Waals surface area (Å²) in [6.07, 6.45) is 5.01. The van der Waals surface area contributed by atoms with Gasteiger partial charge in [-0.25, -0.2) is 4.98 Å². The quantitative estimate of drug-likeness (QED) is 0.434. The van der Waals surface area contributed by atoms with Crippen molar-refractivity contribution in [3.8, 4) is 5.88 Å². The van der Waals surface area contributed by atoms with E-state index in [9.17, 15) is 9.59 Å². The van der Waals surface area contributed by atoms with Crippen LogP contribution in [-0.4, -0.2) is 39.9 Å². The number of benzene rings is 1. The first-order chi connectivity index (χ1) is 17.0. The predicted octanol–water partition coefficient (Wildman–Crippen LogP) is 4.46. The van der Waals surface area contributed by atoms with Gasteiger partial charge in [0.1, 0.15) is 0 Å². The maximum atomic E-state index is 13.5. The van der Waals surface area contributed by atoms with E-state index in [-0.39, 0.29) is 30.1 Å². The molecule has 4 rings (SSSR count). The van der Waals surface area contributed by atoms with Crippen LogP contribution in [0.25, 0.3) is 0 Å². The first kappa shape index (κ1) is 24.6. The Kier molecular flexibility index (Phi) is 7.92. The Balaban J connectivity index is 1.57. The Morgan fingerprint density at radius 1 is 1.14 bits per heavy atom. The molecule has 1 aromatic carbocycles. The molecule has 0 aliphatic carbocycles. The highest BCUT2D eigenvalue weighted by Crippen LogP contribution is 2.28. The van der Waals surface area contributed by atoms with Crippen LogP contribution in [0.3, 0.4) is 0 Å². The summed E-state index contributed by atoms with van der Waals surface area (Å²) in [6.45, 7) is 5.42. The summed E-state index contributed by atoms with van der Waals surface area (Å²) >= 11 is 0. The monoisotopic (exact) mass is 476 g/mol. The van der Waals surface area contributed by atoms with Crippen LogP contribution in [0.5, 0.6) is 5.88 Å². The largest absolute Gasteiger partial charge is 0.480 e. The van der Waals surface area contributed by atoms with Crippen LogP contribution in [0.15, 0.2) is 48.8 Å². The Morgan fingerprint density at radius 3 is 2.60 bits per heavy atom. The molecule has 1 aliphatic rings. The van der Waals surface area contributed by atoms with E-state index in [0.29, 0.717) is 36.9 Å². The van der Waals surface area contributed by atoms with Gasteiger partial charge in [0, 0.05) is 18.9 Å². The zero-order chi connectivity index (χ0) is 24.8. The second kappa shape index (κ2) is 11.3. The third-order valence-corrected chi connectivity index (χ3v) is 6.55. The highest BCUT2D eigenvalue weighted by Gasteiger charge is 2.28.